The fourth-order valence-corrected chi connectivity index (χ4v) is 5.70. The van der Waals surface area contributed by atoms with Gasteiger partial charge in [0.2, 0.25) is 5.91 Å². The zero-order chi connectivity index (χ0) is 25.4. The minimum absolute atomic E-state index is 0.193. The molecule has 8 heteroatoms. The number of para-hydroxylation sites is 1. The van der Waals surface area contributed by atoms with Gasteiger partial charge in [-0.15, -0.1) is 0 Å². The Kier molecular flexibility index (Phi) is 8.98. The van der Waals surface area contributed by atoms with Gasteiger partial charge in [0.15, 0.2) is 0 Å². The summed E-state index contributed by atoms with van der Waals surface area (Å²) in [5.41, 5.74) is -0.435. The number of fused-ring (bicyclic) bond motifs is 1. The third-order valence-corrected chi connectivity index (χ3v) is 7.79. The molecular weight excluding hydrogens is 454 g/mol. The standard InChI is InChI=1S/C28H39N5O3/c1-2-16-33-17-14-28(20-29,15-18-33)32-26(34)23(19-21-10-6-4-3-5-7-11-21)30-25-22-12-8-9-13-24(22)36-27(35)31-25/h8-9,12-13,21,23H,2-7,10-11,14-19H2,1H3,(H,32,34)(H,30,31,35)/t23-/m1/s1. The molecule has 2 aliphatic rings. The lowest BCUT2D eigenvalue weighted by atomic mass is 9.85. The second-order valence-corrected chi connectivity index (χ2v) is 10.5. The molecule has 0 bridgehead atoms. The van der Waals surface area contributed by atoms with Gasteiger partial charge in [-0.3, -0.25) is 4.79 Å². The van der Waals surface area contributed by atoms with Crippen molar-refractivity contribution in [2.45, 2.75) is 89.1 Å². The van der Waals surface area contributed by atoms with Crippen LogP contribution in [0.25, 0.3) is 11.0 Å². The molecule has 36 heavy (non-hydrogen) atoms. The van der Waals surface area contributed by atoms with Gasteiger partial charge in [0.1, 0.15) is 23.0 Å². The van der Waals surface area contributed by atoms with Crippen LogP contribution in [0.4, 0.5) is 5.82 Å². The minimum atomic E-state index is -0.868. The molecule has 194 valence electrons. The molecule has 1 atom stereocenters. The summed E-state index contributed by atoms with van der Waals surface area (Å²) in [5.74, 6) is -0.124. The first-order valence-corrected chi connectivity index (χ1v) is 13.6. The number of amides is 1. The highest BCUT2D eigenvalue weighted by atomic mass is 16.4. The Morgan fingerprint density at radius 2 is 1.89 bits per heavy atom. The molecule has 0 unspecified atom stereocenters. The van der Waals surface area contributed by atoms with E-state index in [1.165, 1.54) is 32.1 Å². The summed E-state index contributed by atoms with van der Waals surface area (Å²) in [6.07, 6.45) is 11.2. The number of nitrogens with zero attached hydrogens (tertiary/aromatic N) is 3. The Labute approximate surface area is 213 Å². The Bertz CT molecular complexity index is 1110. The van der Waals surface area contributed by atoms with Crippen LogP contribution in [0.3, 0.4) is 0 Å². The molecule has 8 nitrogen and oxygen atoms in total. The summed E-state index contributed by atoms with van der Waals surface area (Å²) in [7, 11) is 0. The van der Waals surface area contributed by atoms with Crippen LogP contribution in [0.15, 0.2) is 33.5 Å². The number of aromatic nitrogens is 1. The van der Waals surface area contributed by atoms with E-state index in [-0.39, 0.29) is 5.91 Å². The van der Waals surface area contributed by atoms with Gasteiger partial charge in [0, 0.05) is 13.1 Å². The molecule has 2 fully saturated rings. The molecule has 1 aliphatic carbocycles. The van der Waals surface area contributed by atoms with Crippen molar-refractivity contribution in [1.29, 1.82) is 5.26 Å². The van der Waals surface area contributed by atoms with Crippen LogP contribution in [0, 0.1) is 17.2 Å². The van der Waals surface area contributed by atoms with Crippen LogP contribution in [0.2, 0.25) is 0 Å². The van der Waals surface area contributed by atoms with E-state index in [2.05, 4.69) is 33.5 Å². The van der Waals surface area contributed by atoms with E-state index >= 15 is 0 Å². The molecule has 1 aromatic heterocycles. The number of anilines is 1. The molecule has 1 amide bonds. The lowest BCUT2D eigenvalue weighted by molar-refractivity contribution is -0.124. The second kappa shape index (κ2) is 12.4. The Balaban J connectivity index is 1.56. The average molecular weight is 494 g/mol. The normalized spacial score (nSPS) is 20.1. The van der Waals surface area contributed by atoms with E-state index in [0.717, 1.165) is 38.9 Å². The van der Waals surface area contributed by atoms with E-state index in [4.69, 9.17) is 4.42 Å². The summed E-state index contributed by atoms with van der Waals surface area (Å²) in [4.78, 5) is 32.4. The van der Waals surface area contributed by atoms with Gasteiger partial charge in [-0.05, 0) is 50.3 Å². The number of nitriles is 1. The SMILES string of the molecule is CCCN1CCC(C#N)(NC(=O)[C@@H](CC2CCCCCCC2)Nc2nc(=O)oc3ccccc23)CC1. The van der Waals surface area contributed by atoms with Crippen LogP contribution in [-0.2, 0) is 4.79 Å². The zero-order valence-electron chi connectivity index (χ0n) is 21.4. The van der Waals surface area contributed by atoms with Gasteiger partial charge < -0.3 is 20.0 Å². The fourth-order valence-electron chi connectivity index (χ4n) is 5.70. The Morgan fingerprint density at radius 1 is 1.19 bits per heavy atom. The third kappa shape index (κ3) is 6.64. The summed E-state index contributed by atoms with van der Waals surface area (Å²) >= 11 is 0. The van der Waals surface area contributed by atoms with Crippen LogP contribution in [0.1, 0.15) is 77.6 Å². The van der Waals surface area contributed by atoms with Crippen molar-refractivity contribution >= 4 is 22.7 Å². The van der Waals surface area contributed by atoms with Crippen molar-refractivity contribution in [2.24, 2.45) is 5.92 Å². The number of hydrogen-bond donors (Lipinski definition) is 2. The summed E-state index contributed by atoms with van der Waals surface area (Å²) in [6, 6.07) is 9.04. The summed E-state index contributed by atoms with van der Waals surface area (Å²) in [6.45, 7) is 4.76. The van der Waals surface area contributed by atoms with Crippen LogP contribution in [-0.4, -0.2) is 47.0 Å². The van der Waals surface area contributed by atoms with Crippen molar-refractivity contribution in [2.75, 3.05) is 25.0 Å². The zero-order valence-corrected chi connectivity index (χ0v) is 21.4. The molecule has 2 N–H and O–H groups in total. The van der Waals surface area contributed by atoms with E-state index in [0.29, 0.717) is 42.0 Å². The lowest BCUT2D eigenvalue weighted by Crippen LogP contribution is -2.57. The lowest BCUT2D eigenvalue weighted by Gasteiger charge is -2.38. The van der Waals surface area contributed by atoms with Crippen molar-refractivity contribution in [1.82, 2.24) is 15.2 Å². The monoisotopic (exact) mass is 493 g/mol. The minimum Gasteiger partial charge on any atom is -0.408 e. The van der Waals surface area contributed by atoms with E-state index in [1.54, 1.807) is 12.1 Å². The predicted molar refractivity (Wildman–Crippen MR) is 141 cm³/mol. The average Bonchev–Trinajstić information content (AvgIpc) is 2.86. The molecular formula is C28H39N5O3. The van der Waals surface area contributed by atoms with Crippen molar-refractivity contribution < 1.29 is 9.21 Å². The molecule has 1 aliphatic heterocycles. The maximum atomic E-state index is 13.8. The molecule has 1 saturated heterocycles. The van der Waals surface area contributed by atoms with Crippen LogP contribution < -0.4 is 16.4 Å². The fraction of sp³-hybridized carbons (Fsp3) is 0.643. The van der Waals surface area contributed by atoms with E-state index in [9.17, 15) is 14.9 Å². The second-order valence-electron chi connectivity index (χ2n) is 10.5. The predicted octanol–water partition coefficient (Wildman–Crippen LogP) is 4.60. The van der Waals surface area contributed by atoms with Gasteiger partial charge in [-0.1, -0.05) is 64.0 Å². The molecule has 2 aromatic rings. The smallest absolute Gasteiger partial charge is 0.408 e. The number of hydrogen-bond acceptors (Lipinski definition) is 7. The summed E-state index contributed by atoms with van der Waals surface area (Å²) < 4.78 is 5.25. The Morgan fingerprint density at radius 3 is 2.58 bits per heavy atom. The summed E-state index contributed by atoms with van der Waals surface area (Å²) in [5, 5.41) is 17.2. The Hall–Kier alpha value is -2.92. The number of likely N-dealkylation sites (tertiary alicyclic amines) is 1. The number of carbonyl (C=O) groups excluding carboxylic acids is 1. The molecule has 4 rings (SSSR count). The first-order chi connectivity index (χ1) is 17.5. The number of nitrogens with one attached hydrogen (secondary N) is 2. The molecule has 1 aromatic carbocycles. The first-order valence-electron chi connectivity index (χ1n) is 13.6. The third-order valence-electron chi connectivity index (χ3n) is 7.79. The maximum Gasteiger partial charge on any atom is 0.441 e. The number of benzene rings is 1. The maximum absolute atomic E-state index is 13.8. The molecule has 1 saturated carbocycles. The highest BCUT2D eigenvalue weighted by molar-refractivity contribution is 5.91. The molecule has 2 heterocycles. The number of piperidine rings is 1. The van der Waals surface area contributed by atoms with Gasteiger partial charge >= 0.3 is 5.76 Å². The van der Waals surface area contributed by atoms with Crippen LogP contribution in [0.5, 0.6) is 0 Å². The molecule has 0 radical (unpaired) electrons. The van der Waals surface area contributed by atoms with E-state index in [1.807, 2.05) is 12.1 Å². The largest absolute Gasteiger partial charge is 0.441 e. The van der Waals surface area contributed by atoms with Crippen molar-refractivity contribution in [3.63, 3.8) is 0 Å². The number of rotatable bonds is 8. The highest BCUT2D eigenvalue weighted by Gasteiger charge is 2.38. The van der Waals surface area contributed by atoms with E-state index < -0.39 is 17.3 Å². The van der Waals surface area contributed by atoms with Crippen molar-refractivity contribution in [3.05, 3.63) is 34.8 Å². The van der Waals surface area contributed by atoms with Gasteiger partial charge in [0.25, 0.3) is 0 Å². The van der Waals surface area contributed by atoms with Crippen molar-refractivity contribution in [3.8, 4) is 6.07 Å². The van der Waals surface area contributed by atoms with Gasteiger partial charge in [-0.25, -0.2) is 4.79 Å². The topological polar surface area (TPSA) is 111 Å². The highest BCUT2D eigenvalue weighted by Crippen LogP contribution is 2.29. The number of carbonyl (C=O) groups is 1. The molecule has 0 spiro atoms. The first kappa shape index (κ1) is 26.2. The quantitative estimate of drug-likeness (QED) is 0.553. The van der Waals surface area contributed by atoms with Gasteiger partial charge in [0.05, 0.1) is 11.5 Å². The van der Waals surface area contributed by atoms with Gasteiger partial charge in [-0.2, -0.15) is 10.2 Å². The van der Waals surface area contributed by atoms with Crippen LogP contribution >= 0.6 is 0 Å².